The quantitative estimate of drug-likeness (QED) is 0.450. The van der Waals surface area contributed by atoms with Gasteiger partial charge in [0, 0.05) is 5.56 Å². The van der Waals surface area contributed by atoms with Crippen LogP contribution in [0.3, 0.4) is 0 Å². The summed E-state index contributed by atoms with van der Waals surface area (Å²) in [5, 5.41) is 0. The Bertz CT molecular complexity index is 573. The van der Waals surface area contributed by atoms with E-state index in [0.29, 0.717) is 5.56 Å². The molecule has 2 nitrogen and oxygen atoms in total. The molecule has 0 N–H and O–H groups in total. The van der Waals surface area contributed by atoms with E-state index in [9.17, 15) is 4.79 Å². The maximum atomic E-state index is 10.7. The average molecular weight is 296 g/mol. The Morgan fingerprint density at radius 2 is 1.68 bits per heavy atom. The largest absolute Gasteiger partial charge is 0.494 e. The summed E-state index contributed by atoms with van der Waals surface area (Å²) in [7, 11) is 0. The van der Waals surface area contributed by atoms with E-state index >= 15 is 0 Å². The molecule has 0 spiro atoms. The Morgan fingerprint density at radius 1 is 0.909 bits per heavy atom. The Morgan fingerprint density at radius 3 is 2.41 bits per heavy atom. The lowest BCUT2D eigenvalue weighted by Gasteiger charge is -2.08. The van der Waals surface area contributed by atoms with Gasteiger partial charge in [-0.05, 0) is 29.7 Å². The fraction of sp³-hybridized carbons (Fsp3) is 0.350. The van der Waals surface area contributed by atoms with Crippen molar-refractivity contribution in [1.82, 2.24) is 0 Å². The first-order valence-corrected chi connectivity index (χ1v) is 8.12. The first-order valence-electron chi connectivity index (χ1n) is 8.12. The molecule has 2 rings (SSSR count). The predicted octanol–water partition coefficient (Wildman–Crippen LogP) is 5.52. The van der Waals surface area contributed by atoms with Gasteiger partial charge in [0.25, 0.3) is 0 Å². The smallest absolute Gasteiger partial charge is 0.150 e. The van der Waals surface area contributed by atoms with Crippen molar-refractivity contribution in [2.24, 2.45) is 0 Å². The highest BCUT2D eigenvalue weighted by Crippen LogP contribution is 2.24. The molecule has 2 aromatic rings. The van der Waals surface area contributed by atoms with Gasteiger partial charge in [-0.2, -0.15) is 0 Å². The van der Waals surface area contributed by atoms with Gasteiger partial charge in [-0.1, -0.05) is 69.0 Å². The molecule has 0 unspecified atom stereocenters. The SMILES string of the molecule is CCCCCCCOc1cccc(-c2ccc(C=O)cc2)c1. The molecule has 0 radical (unpaired) electrons. The third-order valence-corrected chi connectivity index (χ3v) is 3.73. The van der Waals surface area contributed by atoms with Crippen molar-refractivity contribution in [2.75, 3.05) is 6.61 Å². The van der Waals surface area contributed by atoms with Crippen LogP contribution in [0.4, 0.5) is 0 Å². The van der Waals surface area contributed by atoms with Gasteiger partial charge in [-0.15, -0.1) is 0 Å². The first kappa shape index (κ1) is 16.3. The zero-order chi connectivity index (χ0) is 15.6. The third-order valence-electron chi connectivity index (χ3n) is 3.73. The number of hydrogen-bond acceptors (Lipinski definition) is 2. The van der Waals surface area contributed by atoms with Crippen molar-refractivity contribution in [3.8, 4) is 16.9 Å². The molecular weight excluding hydrogens is 272 g/mol. The number of unbranched alkanes of at least 4 members (excludes halogenated alkanes) is 4. The monoisotopic (exact) mass is 296 g/mol. The number of aldehydes is 1. The number of carbonyl (C=O) groups is 1. The van der Waals surface area contributed by atoms with E-state index in [1.165, 1.54) is 25.7 Å². The minimum Gasteiger partial charge on any atom is -0.494 e. The van der Waals surface area contributed by atoms with Gasteiger partial charge in [0.15, 0.2) is 0 Å². The fourth-order valence-electron chi connectivity index (χ4n) is 2.42. The van der Waals surface area contributed by atoms with Crippen LogP contribution in [0.2, 0.25) is 0 Å². The second-order valence-electron chi connectivity index (χ2n) is 5.53. The third kappa shape index (κ3) is 5.03. The number of carbonyl (C=O) groups excluding carboxylic acids is 1. The van der Waals surface area contributed by atoms with E-state index in [2.05, 4.69) is 19.1 Å². The number of ether oxygens (including phenoxy) is 1. The van der Waals surface area contributed by atoms with E-state index in [4.69, 9.17) is 4.74 Å². The summed E-state index contributed by atoms with van der Waals surface area (Å²) in [6, 6.07) is 15.7. The van der Waals surface area contributed by atoms with Crippen LogP contribution in [0.1, 0.15) is 49.4 Å². The lowest BCUT2D eigenvalue weighted by atomic mass is 10.0. The molecule has 0 fully saturated rings. The molecule has 0 saturated heterocycles. The maximum absolute atomic E-state index is 10.7. The highest BCUT2D eigenvalue weighted by molar-refractivity contribution is 5.77. The Kier molecular flexibility index (Phi) is 6.69. The molecule has 0 aliphatic heterocycles. The van der Waals surface area contributed by atoms with Gasteiger partial charge in [-0.25, -0.2) is 0 Å². The standard InChI is InChI=1S/C20H24O2/c1-2-3-4-5-6-14-22-20-9-7-8-19(15-20)18-12-10-17(16-21)11-13-18/h7-13,15-16H,2-6,14H2,1H3. The molecule has 0 heterocycles. The molecule has 0 amide bonds. The summed E-state index contributed by atoms with van der Waals surface area (Å²) in [6.45, 7) is 3.00. The second-order valence-corrected chi connectivity index (χ2v) is 5.53. The summed E-state index contributed by atoms with van der Waals surface area (Å²) in [6.07, 6.45) is 7.09. The summed E-state index contributed by atoms with van der Waals surface area (Å²) in [5.74, 6) is 0.910. The van der Waals surface area contributed by atoms with E-state index in [-0.39, 0.29) is 0 Å². The van der Waals surface area contributed by atoms with Crippen LogP contribution < -0.4 is 4.74 Å². The second kappa shape index (κ2) is 9.04. The van der Waals surface area contributed by atoms with Crippen molar-refractivity contribution < 1.29 is 9.53 Å². The molecule has 22 heavy (non-hydrogen) atoms. The highest BCUT2D eigenvalue weighted by atomic mass is 16.5. The molecule has 2 heteroatoms. The van der Waals surface area contributed by atoms with Crippen molar-refractivity contribution in [3.63, 3.8) is 0 Å². The maximum Gasteiger partial charge on any atom is 0.150 e. The molecule has 0 saturated carbocycles. The fourth-order valence-corrected chi connectivity index (χ4v) is 2.42. The molecular formula is C20H24O2. The van der Waals surface area contributed by atoms with Crippen LogP contribution in [-0.4, -0.2) is 12.9 Å². The number of rotatable bonds is 9. The molecule has 2 aromatic carbocycles. The number of benzene rings is 2. The lowest BCUT2D eigenvalue weighted by Crippen LogP contribution is -1.97. The van der Waals surface area contributed by atoms with Gasteiger partial charge >= 0.3 is 0 Å². The zero-order valence-corrected chi connectivity index (χ0v) is 13.3. The Labute approximate surface area is 133 Å². The topological polar surface area (TPSA) is 26.3 Å². The highest BCUT2D eigenvalue weighted by Gasteiger charge is 2.01. The van der Waals surface area contributed by atoms with Crippen molar-refractivity contribution in [1.29, 1.82) is 0 Å². The van der Waals surface area contributed by atoms with Gasteiger partial charge in [0.1, 0.15) is 12.0 Å². The summed E-state index contributed by atoms with van der Waals surface area (Å²) >= 11 is 0. The molecule has 0 aliphatic rings. The zero-order valence-electron chi connectivity index (χ0n) is 13.3. The lowest BCUT2D eigenvalue weighted by molar-refractivity contribution is 0.112. The average Bonchev–Trinajstić information content (AvgIpc) is 2.58. The van der Waals surface area contributed by atoms with Crippen LogP contribution in [0, 0.1) is 0 Å². The summed E-state index contributed by atoms with van der Waals surface area (Å²) < 4.78 is 5.84. The van der Waals surface area contributed by atoms with Crippen LogP contribution in [0.15, 0.2) is 48.5 Å². The number of hydrogen-bond donors (Lipinski definition) is 0. The minimum absolute atomic E-state index is 0.697. The predicted molar refractivity (Wildman–Crippen MR) is 91.5 cm³/mol. The summed E-state index contributed by atoms with van der Waals surface area (Å²) in [4.78, 5) is 10.7. The van der Waals surface area contributed by atoms with E-state index in [0.717, 1.165) is 36.2 Å². The van der Waals surface area contributed by atoms with Gasteiger partial charge < -0.3 is 4.74 Å². The summed E-state index contributed by atoms with van der Waals surface area (Å²) in [5.41, 5.74) is 2.91. The Hall–Kier alpha value is -2.09. The molecule has 0 aliphatic carbocycles. The molecule has 116 valence electrons. The van der Waals surface area contributed by atoms with Crippen molar-refractivity contribution in [2.45, 2.75) is 39.0 Å². The van der Waals surface area contributed by atoms with Gasteiger partial charge in [0.2, 0.25) is 0 Å². The van der Waals surface area contributed by atoms with E-state index in [1.54, 1.807) is 0 Å². The molecule has 0 bridgehead atoms. The van der Waals surface area contributed by atoms with Crippen molar-refractivity contribution >= 4 is 6.29 Å². The normalized spacial score (nSPS) is 10.4. The van der Waals surface area contributed by atoms with Gasteiger partial charge in [-0.3, -0.25) is 4.79 Å². The van der Waals surface area contributed by atoms with Crippen LogP contribution in [0.25, 0.3) is 11.1 Å². The van der Waals surface area contributed by atoms with Gasteiger partial charge in [0.05, 0.1) is 6.61 Å². The Balaban J connectivity index is 1.90. The first-order chi connectivity index (χ1) is 10.8. The van der Waals surface area contributed by atoms with Crippen LogP contribution in [-0.2, 0) is 0 Å². The van der Waals surface area contributed by atoms with E-state index in [1.807, 2.05) is 36.4 Å². The molecule has 0 aromatic heterocycles. The van der Waals surface area contributed by atoms with Crippen molar-refractivity contribution in [3.05, 3.63) is 54.1 Å². The molecule has 0 atom stereocenters. The van der Waals surface area contributed by atoms with Crippen LogP contribution >= 0.6 is 0 Å². The van der Waals surface area contributed by atoms with E-state index < -0.39 is 0 Å². The minimum atomic E-state index is 0.697. The van der Waals surface area contributed by atoms with Crippen LogP contribution in [0.5, 0.6) is 5.75 Å².